The van der Waals surface area contributed by atoms with Gasteiger partial charge in [-0.2, -0.15) is 5.10 Å². The second-order valence-corrected chi connectivity index (χ2v) is 6.19. The molecule has 0 spiro atoms. The molecule has 1 aromatic heterocycles. The highest BCUT2D eigenvalue weighted by atomic mass is 16.5. The number of carbonyl (C=O) groups is 1. The molecule has 1 N–H and O–H groups in total. The van der Waals surface area contributed by atoms with Crippen LogP contribution in [-0.2, 0) is 23.1 Å². The van der Waals surface area contributed by atoms with Gasteiger partial charge in [0.25, 0.3) is 0 Å². The number of aryl methyl sites for hydroxylation is 2. The minimum atomic E-state index is -0.144. The standard InChI is InChI=1S/C16H27N5O2/c1-10-8-21(9-14(10)15(22)23-6)16(17-4)18-7-13-11(2)19-20(5)12(13)3/h10,14H,7-9H2,1-6H3,(H,17,18). The van der Waals surface area contributed by atoms with Gasteiger partial charge >= 0.3 is 5.97 Å². The quantitative estimate of drug-likeness (QED) is 0.508. The molecular weight excluding hydrogens is 294 g/mol. The van der Waals surface area contributed by atoms with Crippen LogP contribution in [0.1, 0.15) is 23.9 Å². The molecule has 1 aliphatic heterocycles. The van der Waals surface area contributed by atoms with Crippen molar-refractivity contribution < 1.29 is 9.53 Å². The van der Waals surface area contributed by atoms with Crippen LogP contribution in [-0.4, -0.2) is 53.9 Å². The van der Waals surface area contributed by atoms with Gasteiger partial charge in [0.1, 0.15) is 0 Å². The zero-order chi connectivity index (χ0) is 17.1. The number of hydrogen-bond acceptors (Lipinski definition) is 4. The molecule has 2 rings (SSSR count). The fourth-order valence-corrected chi connectivity index (χ4v) is 3.17. The van der Waals surface area contributed by atoms with E-state index in [4.69, 9.17) is 4.74 Å². The normalized spacial score (nSPS) is 21.7. The molecule has 0 aliphatic carbocycles. The van der Waals surface area contributed by atoms with Crippen LogP contribution in [0.5, 0.6) is 0 Å². The minimum absolute atomic E-state index is 0.0968. The largest absolute Gasteiger partial charge is 0.469 e. The van der Waals surface area contributed by atoms with E-state index >= 15 is 0 Å². The number of rotatable bonds is 3. The first-order valence-corrected chi connectivity index (χ1v) is 7.91. The number of ether oxygens (including phenoxy) is 1. The van der Waals surface area contributed by atoms with Crippen molar-refractivity contribution in [3.8, 4) is 0 Å². The first-order chi connectivity index (χ1) is 10.9. The van der Waals surface area contributed by atoms with E-state index in [0.29, 0.717) is 13.1 Å². The molecule has 0 saturated carbocycles. The maximum Gasteiger partial charge on any atom is 0.310 e. The average molecular weight is 321 g/mol. The van der Waals surface area contributed by atoms with Crippen LogP contribution in [0.25, 0.3) is 0 Å². The second-order valence-electron chi connectivity index (χ2n) is 6.19. The van der Waals surface area contributed by atoms with Gasteiger partial charge in [-0.1, -0.05) is 6.92 Å². The number of esters is 1. The van der Waals surface area contributed by atoms with Crippen LogP contribution in [0.4, 0.5) is 0 Å². The van der Waals surface area contributed by atoms with E-state index in [2.05, 4.69) is 34.2 Å². The van der Waals surface area contributed by atoms with E-state index in [1.165, 1.54) is 12.7 Å². The van der Waals surface area contributed by atoms with Crippen molar-refractivity contribution in [3.63, 3.8) is 0 Å². The van der Waals surface area contributed by atoms with Crippen molar-refractivity contribution in [1.29, 1.82) is 0 Å². The summed E-state index contributed by atoms with van der Waals surface area (Å²) in [6.45, 7) is 8.25. The molecule has 1 fully saturated rings. The summed E-state index contributed by atoms with van der Waals surface area (Å²) in [5.74, 6) is 0.823. The van der Waals surface area contributed by atoms with Crippen LogP contribution in [0.15, 0.2) is 4.99 Å². The lowest BCUT2D eigenvalue weighted by Crippen LogP contribution is -2.40. The van der Waals surface area contributed by atoms with Gasteiger partial charge in [0.2, 0.25) is 0 Å². The van der Waals surface area contributed by atoms with Crippen molar-refractivity contribution in [1.82, 2.24) is 20.0 Å². The Bertz CT molecular complexity index is 608. The van der Waals surface area contributed by atoms with Crippen LogP contribution in [0.3, 0.4) is 0 Å². The number of hydrogen-bond donors (Lipinski definition) is 1. The van der Waals surface area contributed by atoms with Crippen molar-refractivity contribution in [2.24, 2.45) is 23.9 Å². The summed E-state index contributed by atoms with van der Waals surface area (Å²) in [7, 11) is 5.16. The van der Waals surface area contributed by atoms with Gasteiger partial charge < -0.3 is 15.0 Å². The smallest absolute Gasteiger partial charge is 0.310 e. The van der Waals surface area contributed by atoms with Crippen LogP contribution >= 0.6 is 0 Å². The maximum atomic E-state index is 11.8. The fraction of sp³-hybridized carbons (Fsp3) is 0.688. The van der Waals surface area contributed by atoms with Gasteiger partial charge in [-0.05, 0) is 19.8 Å². The number of methoxy groups -OCH3 is 1. The lowest BCUT2D eigenvalue weighted by Gasteiger charge is -2.21. The van der Waals surface area contributed by atoms with Crippen LogP contribution < -0.4 is 5.32 Å². The molecule has 23 heavy (non-hydrogen) atoms. The zero-order valence-corrected chi connectivity index (χ0v) is 14.9. The Morgan fingerprint density at radius 3 is 2.65 bits per heavy atom. The van der Waals surface area contributed by atoms with E-state index in [-0.39, 0.29) is 17.8 Å². The van der Waals surface area contributed by atoms with Crippen molar-refractivity contribution in [2.75, 3.05) is 27.2 Å². The molecule has 1 saturated heterocycles. The number of aromatic nitrogens is 2. The van der Waals surface area contributed by atoms with Gasteiger partial charge in [-0.15, -0.1) is 0 Å². The van der Waals surface area contributed by atoms with E-state index < -0.39 is 0 Å². The van der Waals surface area contributed by atoms with E-state index in [0.717, 1.165) is 23.9 Å². The SMILES string of the molecule is CN=C(NCc1c(C)nn(C)c1C)N1CC(C)C(C(=O)OC)C1. The van der Waals surface area contributed by atoms with Gasteiger partial charge in [0, 0.05) is 45.0 Å². The molecule has 2 unspecified atom stereocenters. The molecule has 2 atom stereocenters. The third kappa shape index (κ3) is 3.48. The highest BCUT2D eigenvalue weighted by molar-refractivity contribution is 5.82. The Balaban J connectivity index is 2.03. The molecule has 0 amide bonds. The Kier molecular flexibility index (Phi) is 5.28. The summed E-state index contributed by atoms with van der Waals surface area (Å²) in [5, 5.41) is 7.82. The maximum absolute atomic E-state index is 11.8. The summed E-state index contributed by atoms with van der Waals surface area (Å²) in [6.07, 6.45) is 0. The molecular formula is C16H27N5O2. The minimum Gasteiger partial charge on any atom is -0.469 e. The fourth-order valence-electron chi connectivity index (χ4n) is 3.17. The predicted octanol–water partition coefficient (Wildman–Crippen LogP) is 0.853. The Labute approximate surface area is 137 Å². The molecule has 0 aromatic carbocycles. The molecule has 2 heterocycles. The van der Waals surface area contributed by atoms with Crippen molar-refractivity contribution >= 4 is 11.9 Å². The number of aliphatic imine (C=N–C) groups is 1. The average Bonchev–Trinajstić information content (AvgIpc) is 3.01. The first-order valence-electron chi connectivity index (χ1n) is 7.91. The monoisotopic (exact) mass is 321 g/mol. The number of likely N-dealkylation sites (tertiary alicyclic amines) is 1. The van der Waals surface area contributed by atoms with Gasteiger partial charge in [-0.25, -0.2) is 0 Å². The molecule has 128 valence electrons. The van der Waals surface area contributed by atoms with Crippen LogP contribution in [0, 0.1) is 25.7 Å². The summed E-state index contributed by atoms with van der Waals surface area (Å²) >= 11 is 0. The number of nitrogens with one attached hydrogen (secondary N) is 1. The Hall–Kier alpha value is -2.05. The third-order valence-corrected chi connectivity index (χ3v) is 4.71. The van der Waals surface area contributed by atoms with E-state index in [9.17, 15) is 4.79 Å². The molecule has 1 aromatic rings. The van der Waals surface area contributed by atoms with Crippen molar-refractivity contribution in [2.45, 2.75) is 27.3 Å². The van der Waals surface area contributed by atoms with Gasteiger partial charge in [0.15, 0.2) is 5.96 Å². The van der Waals surface area contributed by atoms with Crippen molar-refractivity contribution in [3.05, 3.63) is 17.0 Å². The molecule has 1 aliphatic rings. The Morgan fingerprint density at radius 2 is 2.13 bits per heavy atom. The molecule has 7 heteroatoms. The second kappa shape index (κ2) is 7.02. The Morgan fingerprint density at radius 1 is 1.43 bits per heavy atom. The first kappa shape index (κ1) is 17.3. The molecule has 7 nitrogen and oxygen atoms in total. The predicted molar refractivity (Wildman–Crippen MR) is 89.1 cm³/mol. The lowest BCUT2D eigenvalue weighted by molar-refractivity contribution is -0.145. The highest BCUT2D eigenvalue weighted by Crippen LogP contribution is 2.24. The number of carbonyl (C=O) groups excluding carboxylic acids is 1. The summed E-state index contributed by atoms with van der Waals surface area (Å²) < 4.78 is 6.78. The lowest BCUT2D eigenvalue weighted by atomic mass is 9.99. The number of guanidine groups is 1. The zero-order valence-electron chi connectivity index (χ0n) is 14.9. The van der Waals surface area contributed by atoms with E-state index in [1.807, 2.05) is 18.7 Å². The summed E-state index contributed by atoms with van der Waals surface area (Å²) in [4.78, 5) is 18.3. The molecule has 0 radical (unpaired) electrons. The van der Waals surface area contributed by atoms with Gasteiger partial charge in [0.05, 0.1) is 18.7 Å². The van der Waals surface area contributed by atoms with Gasteiger partial charge in [-0.3, -0.25) is 14.5 Å². The third-order valence-electron chi connectivity index (χ3n) is 4.71. The summed E-state index contributed by atoms with van der Waals surface area (Å²) in [6, 6.07) is 0. The van der Waals surface area contributed by atoms with Crippen LogP contribution in [0.2, 0.25) is 0 Å². The topological polar surface area (TPSA) is 71.8 Å². The summed E-state index contributed by atoms with van der Waals surface area (Å²) in [5.41, 5.74) is 3.35. The molecule has 0 bridgehead atoms. The number of nitrogens with zero attached hydrogens (tertiary/aromatic N) is 4. The van der Waals surface area contributed by atoms with E-state index in [1.54, 1.807) is 7.05 Å². The highest BCUT2D eigenvalue weighted by Gasteiger charge is 2.36.